The van der Waals surface area contributed by atoms with Gasteiger partial charge in [0, 0.05) is 18.5 Å². The maximum Gasteiger partial charge on any atom is 0.263 e. The highest BCUT2D eigenvalue weighted by molar-refractivity contribution is 7.92. The van der Waals surface area contributed by atoms with Crippen LogP contribution < -0.4 is 4.72 Å². The third-order valence-corrected chi connectivity index (χ3v) is 4.95. The maximum absolute atomic E-state index is 12.4. The number of anilines is 1. The highest BCUT2D eigenvalue weighted by atomic mass is 35.5. The molecule has 3 aromatic rings. The Labute approximate surface area is 142 Å². The zero-order valence-electron chi connectivity index (χ0n) is 11.4. The number of imidazole rings is 1. The third-order valence-electron chi connectivity index (χ3n) is 2.86. The van der Waals surface area contributed by atoms with Crippen LogP contribution in [0.4, 0.5) is 5.82 Å². The molecule has 2 aromatic heterocycles. The van der Waals surface area contributed by atoms with Crippen LogP contribution in [0.1, 0.15) is 0 Å². The van der Waals surface area contributed by atoms with Crippen LogP contribution >= 0.6 is 23.2 Å². The number of nitrogens with one attached hydrogen (secondary N) is 1. The van der Waals surface area contributed by atoms with E-state index in [1.807, 2.05) is 0 Å². The number of hydrogen-bond acceptors (Lipinski definition) is 5. The lowest BCUT2D eigenvalue weighted by molar-refractivity contribution is 0.601. The molecule has 0 fully saturated rings. The topological polar surface area (TPSA) is 89.8 Å². The molecule has 2 heterocycles. The van der Waals surface area contributed by atoms with Crippen molar-refractivity contribution < 1.29 is 8.42 Å². The Kier molecular flexibility index (Phi) is 4.20. The van der Waals surface area contributed by atoms with E-state index in [1.165, 1.54) is 30.6 Å². The maximum atomic E-state index is 12.4. The summed E-state index contributed by atoms with van der Waals surface area (Å²) in [6.07, 6.45) is 6.06. The lowest BCUT2D eigenvalue weighted by Crippen LogP contribution is -2.14. The van der Waals surface area contributed by atoms with Gasteiger partial charge < -0.3 is 0 Å². The molecule has 0 saturated carbocycles. The van der Waals surface area contributed by atoms with Crippen LogP contribution in [-0.2, 0) is 10.0 Å². The number of halogens is 2. The van der Waals surface area contributed by atoms with E-state index >= 15 is 0 Å². The molecule has 0 amide bonds. The van der Waals surface area contributed by atoms with Crippen molar-refractivity contribution in [2.24, 2.45) is 0 Å². The van der Waals surface area contributed by atoms with Gasteiger partial charge in [-0.15, -0.1) is 0 Å². The van der Waals surface area contributed by atoms with Gasteiger partial charge in [0.05, 0.1) is 14.9 Å². The molecule has 0 saturated heterocycles. The van der Waals surface area contributed by atoms with Gasteiger partial charge in [0.25, 0.3) is 10.0 Å². The molecule has 0 aliphatic carbocycles. The number of aromatic nitrogens is 4. The Morgan fingerprint density at radius 2 is 1.91 bits per heavy atom. The van der Waals surface area contributed by atoms with Crippen molar-refractivity contribution in [3.63, 3.8) is 0 Å². The van der Waals surface area contributed by atoms with Crippen LogP contribution in [0.2, 0.25) is 10.0 Å². The number of sulfonamides is 1. The van der Waals surface area contributed by atoms with Crippen LogP contribution in [0.5, 0.6) is 0 Å². The quantitative estimate of drug-likeness (QED) is 0.763. The van der Waals surface area contributed by atoms with Crippen molar-refractivity contribution >= 4 is 39.0 Å². The van der Waals surface area contributed by atoms with E-state index in [9.17, 15) is 8.42 Å². The molecule has 23 heavy (non-hydrogen) atoms. The molecule has 0 radical (unpaired) electrons. The number of benzene rings is 1. The van der Waals surface area contributed by atoms with Gasteiger partial charge in [-0.25, -0.2) is 23.4 Å². The molecule has 10 heteroatoms. The van der Waals surface area contributed by atoms with Crippen LogP contribution in [0.3, 0.4) is 0 Å². The molecule has 7 nitrogen and oxygen atoms in total. The first-order valence-corrected chi connectivity index (χ1v) is 8.48. The fraction of sp³-hybridized carbons (Fsp3) is 0. The number of rotatable bonds is 4. The Bertz CT molecular complexity index is 945. The van der Waals surface area contributed by atoms with Gasteiger partial charge in [-0.3, -0.25) is 9.29 Å². The molecule has 0 unspecified atom stereocenters. The Balaban J connectivity index is 1.91. The van der Waals surface area contributed by atoms with Crippen LogP contribution in [0, 0.1) is 0 Å². The summed E-state index contributed by atoms with van der Waals surface area (Å²) in [5.74, 6) is 0.596. The molecule has 0 spiro atoms. The minimum absolute atomic E-state index is 0.0188. The fourth-order valence-electron chi connectivity index (χ4n) is 1.78. The zero-order valence-corrected chi connectivity index (χ0v) is 13.7. The van der Waals surface area contributed by atoms with Gasteiger partial charge in [-0.1, -0.05) is 23.2 Å². The molecular weight excluding hydrogens is 361 g/mol. The predicted molar refractivity (Wildman–Crippen MR) is 86.4 cm³/mol. The van der Waals surface area contributed by atoms with E-state index in [0.29, 0.717) is 5.82 Å². The number of hydrogen-bond donors (Lipinski definition) is 1. The minimum atomic E-state index is -3.85. The second-order valence-electron chi connectivity index (χ2n) is 4.41. The van der Waals surface area contributed by atoms with Crippen LogP contribution in [-0.4, -0.2) is 27.9 Å². The molecule has 0 bridgehead atoms. The molecule has 1 aromatic carbocycles. The van der Waals surface area contributed by atoms with E-state index in [4.69, 9.17) is 23.2 Å². The second kappa shape index (κ2) is 6.15. The van der Waals surface area contributed by atoms with Gasteiger partial charge in [0.15, 0.2) is 0 Å². The summed E-state index contributed by atoms with van der Waals surface area (Å²) in [6, 6.07) is 5.52. The van der Waals surface area contributed by atoms with E-state index in [2.05, 4.69) is 19.7 Å². The first kappa shape index (κ1) is 15.7. The lowest BCUT2D eigenvalue weighted by atomic mass is 10.4. The number of nitrogens with zero attached hydrogens (tertiary/aromatic N) is 4. The van der Waals surface area contributed by atoms with Crippen LogP contribution in [0.15, 0.2) is 54.2 Å². The summed E-state index contributed by atoms with van der Waals surface area (Å²) in [5.41, 5.74) is 0. The third kappa shape index (κ3) is 3.44. The van der Waals surface area contributed by atoms with Crippen molar-refractivity contribution in [3.05, 3.63) is 59.4 Å². The Hall–Kier alpha value is -2.16. The smallest absolute Gasteiger partial charge is 0.263 e. The molecule has 0 aliphatic heterocycles. The standard InChI is InChI=1S/C13H9Cl2N5O2S/c14-10-2-1-9(5-11(10)15)23(21,22)19-12-6-13(18-7-17-12)20-4-3-16-8-20/h1-8H,(H,17,18,19). The lowest BCUT2D eigenvalue weighted by Gasteiger charge is -2.09. The van der Waals surface area contributed by atoms with Gasteiger partial charge in [-0.05, 0) is 18.2 Å². The molecular formula is C13H9Cl2N5O2S. The highest BCUT2D eigenvalue weighted by Crippen LogP contribution is 2.25. The summed E-state index contributed by atoms with van der Waals surface area (Å²) in [7, 11) is -3.85. The van der Waals surface area contributed by atoms with E-state index in [0.717, 1.165) is 0 Å². The first-order chi connectivity index (χ1) is 11.0. The fourth-order valence-corrected chi connectivity index (χ4v) is 3.17. The molecule has 3 rings (SSSR count). The normalized spacial score (nSPS) is 11.4. The average Bonchev–Trinajstić information content (AvgIpc) is 3.04. The average molecular weight is 370 g/mol. The van der Waals surface area contributed by atoms with E-state index in [1.54, 1.807) is 23.3 Å². The van der Waals surface area contributed by atoms with Gasteiger partial charge in [-0.2, -0.15) is 0 Å². The predicted octanol–water partition coefficient (Wildman–Crippen LogP) is 2.77. The molecule has 0 aliphatic rings. The van der Waals surface area contributed by atoms with Gasteiger partial charge in [0.2, 0.25) is 0 Å². The largest absolute Gasteiger partial charge is 0.290 e. The Morgan fingerprint density at radius 3 is 2.61 bits per heavy atom. The summed E-state index contributed by atoms with van der Waals surface area (Å²) < 4.78 is 28.7. The van der Waals surface area contributed by atoms with Crippen molar-refractivity contribution in [3.8, 4) is 5.82 Å². The van der Waals surface area contributed by atoms with Crippen LogP contribution in [0.25, 0.3) is 5.82 Å². The van der Waals surface area contributed by atoms with Gasteiger partial charge >= 0.3 is 0 Å². The summed E-state index contributed by atoms with van der Waals surface area (Å²) in [4.78, 5) is 11.8. The van der Waals surface area contributed by atoms with Gasteiger partial charge in [0.1, 0.15) is 24.3 Å². The molecule has 0 atom stereocenters. The monoisotopic (exact) mass is 369 g/mol. The van der Waals surface area contributed by atoms with E-state index in [-0.39, 0.29) is 20.8 Å². The van der Waals surface area contributed by atoms with Crippen molar-refractivity contribution in [2.45, 2.75) is 4.90 Å². The summed E-state index contributed by atoms with van der Waals surface area (Å²) >= 11 is 11.6. The second-order valence-corrected chi connectivity index (χ2v) is 6.91. The highest BCUT2D eigenvalue weighted by Gasteiger charge is 2.16. The first-order valence-electron chi connectivity index (χ1n) is 6.24. The van der Waals surface area contributed by atoms with Crippen molar-refractivity contribution in [1.82, 2.24) is 19.5 Å². The summed E-state index contributed by atoms with van der Waals surface area (Å²) in [5, 5.41) is 0.423. The minimum Gasteiger partial charge on any atom is -0.290 e. The van der Waals surface area contributed by atoms with Crippen molar-refractivity contribution in [1.29, 1.82) is 0 Å². The van der Waals surface area contributed by atoms with Crippen molar-refractivity contribution in [2.75, 3.05) is 4.72 Å². The van der Waals surface area contributed by atoms with E-state index < -0.39 is 10.0 Å². The molecule has 1 N–H and O–H groups in total. The Morgan fingerprint density at radius 1 is 1.09 bits per heavy atom. The SMILES string of the molecule is O=S(=O)(Nc1cc(-n2ccnc2)ncn1)c1ccc(Cl)c(Cl)c1. The summed E-state index contributed by atoms with van der Waals surface area (Å²) in [6.45, 7) is 0. The zero-order chi connectivity index (χ0) is 16.4. The molecule has 118 valence electrons.